The first-order valence-corrected chi connectivity index (χ1v) is 5.73. The second-order valence-corrected chi connectivity index (χ2v) is 4.61. The number of carbonyl (C=O) groups is 1. The Bertz CT molecular complexity index is 296. The number of hydrogen-bond acceptors (Lipinski definition) is 3. The summed E-state index contributed by atoms with van der Waals surface area (Å²) in [5.74, 6) is -0.146. The highest BCUT2D eigenvalue weighted by Gasteiger charge is 2.28. The summed E-state index contributed by atoms with van der Waals surface area (Å²) < 4.78 is 5.38. The van der Waals surface area contributed by atoms with Crippen LogP contribution in [0.15, 0.2) is 11.1 Å². The fourth-order valence-electron chi connectivity index (χ4n) is 2.63. The van der Waals surface area contributed by atoms with Gasteiger partial charge in [-0.05, 0) is 38.3 Å². The smallest absolute Gasteiger partial charge is 0.303 e. The summed E-state index contributed by atoms with van der Waals surface area (Å²) in [6.45, 7) is 3.66. The molecule has 2 aliphatic rings. The van der Waals surface area contributed by atoms with Crippen molar-refractivity contribution in [3.05, 3.63) is 11.1 Å². The molecule has 0 radical (unpaired) electrons. The van der Waals surface area contributed by atoms with Crippen LogP contribution in [0.4, 0.5) is 0 Å². The molecule has 0 aromatic heterocycles. The van der Waals surface area contributed by atoms with Crippen LogP contribution in [0.1, 0.15) is 32.6 Å². The number of rotatable bonds is 1. The van der Waals surface area contributed by atoms with Gasteiger partial charge < -0.3 is 9.64 Å². The zero-order chi connectivity index (χ0) is 10.8. The molecule has 1 aliphatic heterocycles. The predicted octanol–water partition coefficient (Wildman–Crippen LogP) is 1.73. The van der Waals surface area contributed by atoms with Crippen molar-refractivity contribution in [2.45, 2.75) is 38.7 Å². The van der Waals surface area contributed by atoms with Gasteiger partial charge in [-0.15, -0.1) is 0 Å². The molecule has 84 valence electrons. The van der Waals surface area contributed by atoms with E-state index in [1.54, 1.807) is 0 Å². The molecule has 0 N–H and O–H groups in total. The lowest BCUT2D eigenvalue weighted by Crippen LogP contribution is -2.34. The molecule has 0 amide bonds. The molecule has 1 unspecified atom stereocenters. The lowest BCUT2D eigenvalue weighted by atomic mass is 9.85. The van der Waals surface area contributed by atoms with E-state index < -0.39 is 0 Å². The standard InChI is InChI=1S/C12H19NO2/c1-9(14)15-12-5-3-4-10-8-13(2)7-6-11(10)12/h12H,3-8H2,1-2H3. The van der Waals surface area contributed by atoms with Crippen molar-refractivity contribution >= 4 is 5.97 Å². The highest BCUT2D eigenvalue weighted by atomic mass is 16.5. The molecule has 0 saturated carbocycles. The average molecular weight is 209 g/mol. The minimum atomic E-state index is -0.146. The molecule has 0 bridgehead atoms. The molecule has 1 aliphatic carbocycles. The zero-order valence-corrected chi connectivity index (χ0v) is 9.58. The van der Waals surface area contributed by atoms with E-state index in [1.165, 1.54) is 24.5 Å². The monoisotopic (exact) mass is 209 g/mol. The molecule has 3 heteroatoms. The van der Waals surface area contributed by atoms with E-state index in [0.717, 1.165) is 32.4 Å². The quantitative estimate of drug-likeness (QED) is 0.486. The molecule has 3 nitrogen and oxygen atoms in total. The Labute approximate surface area is 91.1 Å². The van der Waals surface area contributed by atoms with Gasteiger partial charge in [-0.25, -0.2) is 0 Å². The second kappa shape index (κ2) is 4.35. The van der Waals surface area contributed by atoms with Crippen molar-refractivity contribution in [3.63, 3.8) is 0 Å². The third-order valence-electron chi connectivity index (χ3n) is 3.32. The number of nitrogens with zero attached hydrogens (tertiary/aromatic N) is 1. The molecule has 0 aromatic carbocycles. The Hall–Kier alpha value is -0.830. The highest BCUT2D eigenvalue weighted by molar-refractivity contribution is 5.66. The summed E-state index contributed by atoms with van der Waals surface area (Å²) >= 11 is 0. The summed E-state index contributed by atoms with van der Waals surface area (Å²) in [6, 6.07) is 0. The third-order valence-corrected chi connectivity index (χ3v) is 3.32. The maximum absolute atomic E-state index is 11.0. The Morgan fingerprint density at radius 3 is 3.00 bits per heavy atom. The van der Waals surface area contributed by atoms with Crippen molar-refractivity contribution in [1.82, 2.24) is 4.90 Å². The minimum Gasteiger partial charge on any atom is -0.458 e. The van der Waals surface area contributed by atoms with Crippen LogP contribution in [0, 0.1) is 0 Å². The zero-order valence-electron chi connectivity index (χ0n) is 9.58. The molecule has 2 rings (SSSR count). The topological polar surface area (TPSA) is 29.5 Å². The van der Waals surface area contributed by atoms with E-state index >= 15 is 0 Å². The summed E-state index contributed by atoms with van der Waals surface area (Å²) in [4.78, 5) is 13.3. The molecular formula is C12H19NO2. The van der Waals surface area contributed by atoms with Crippen LogP contribution in [0.2, 0.25) is 0 Å². The molecule has 0 spiro atoms. The maximum Gasteiger partial charge on any atom is 0.303 e. The highest BCUT2D eigenvalue weighted by Crippen LogP contribution is 2.32. The van der Waals surface area contributed by atoms with E-state index in [1.807, 2.05) is 0 Å². The van der Waals surface area contributed by atoms with Gasteiger partial charge in [-0.2, -0.15) is 0 Å². The van der Waals surface area contributed by atoms with Gasteiger partial charge in [0.2, 0.25) is 0 Å². The third kappa shape index (κ3) is 2.40. The molecule has 0 saturated heterocycles. The van der Waals surface area contributed by atoms with Gasteiger partial charge in [0.1, 0.15) is 6.10 Å². The lowest BCUT2D eigenvalue weighted by molar-refractivity contribution is -0.145. The summed E-state index contributed by atoms with van der Waals surface area (Å²) in [5.41, 5.74) is 2.93. The Kier molecular flexibility index (Phi) is 3.10. The fourth-order valence-corrected chi connectivity index (χ4v) is 2.63. The summed E-state index contributed by atoms with van der Waals surface area (Å²) in [5, 5.41) is 0. The number of hydrogen-bond donors (Lipinski definition) is 0. The van der Waals surface area contributed by atoms with Crippen LogP contribution in [-0.2, 0) is 9.53 Å². The van der Waals surface area contributed by atoms with E-state index in [4.69, 9.17) is 4.74 Å². The van der Waals surface area contributed by atoms with E-state index in [2.05, 4.69) is 11.9 Å². The average Bonchev–Trinajstić information content (AvgIpc) is 2.16. The molecule has 0 fully saturated rings. The molecule has 1 atom stereocenters. The van der Waals surface area contributed by atoms with E-state index in [9.17, 15) is 4.79 Å². The number of esters is 1. The van der Waals surface area contributed by atoms with Crippen LogP contribution < -0.4 is 0 Å². The van der Waals surface area contributed by atoms with Gasteiger partial charge in [0.05, 0.1) is 0 Å². The minimum absolute atomic E-state index is 0.0833. The number of ether oxygens (including phenoxy) is 1. The Morgan fingerprint density at radius 2 is 2.27 bits per heavy atom. The van der Waals surface area contributed by atoms with Crippen LogP contribution in [-0.4, -0.2) is 37.1 Å². The van der Waals surface area contributed by atoms with Crippen molar-refractivity contribution in [1.29, 1.82) is 0 Å². The van der Waals surface area contributed by atoms with Gasteiger partial charge in [0.15, 0.2) is 0 Å². The normalized spacial score (nSPS) is 27.5. The van der Waals surface area contributed by atoms with Crippen LogP contribution in [0.3, 0.4) is 0 Å². The first-order valence-electron chi connectivity index (χ1n) is 5.73. The van der Waals surface area contributed by atoms with Gasteiger partial charge in [-0.3, -0.25) is 4.79 Å². The van der Waals surface area contributed by atoms with Crippen LogP contribution in [0.5, 0.6) is 0 Å². The Morgan fingerprint density at radius 1 is 1.47 bits per heavy atom. The number of likely N-dealkylation sites (N-methyl/N-ethyl adjacent to an activating group) is 1. The maximum atomic E-state index is 11.0. The second-order valence-electron chi connectivity index (χ2n) is 4.61. The largest absolute Gasteiger partial charge is 0.458 e. The van der Waals surface area contributed by atoms with E-state index in [-0.39, 0.29) is 12.1 Å². The van der Waals surface area contributed by atoms with Gasteiger partial charge in [-0.1, -0.05) is 5.57 Å². The molecule has 1 heterocycles. The molecular weight excluding hydrogens is 190 g/mol. The SMILES string of the molecule is CC(=O)OC1CCCC2=C1CCN(C)C2. The van der Waals surface area contributed by atoms with Crippen molar-refractivity contribution in [3.8, 4) is 0 Å². The Balaban J connectivity index is 2.13. The van der Waals surface area contributed by atoms with Crippen molar-refractivity contribution in [2.75, 3.05) is 20.1 Å². The van der Waals surface area contributed by atoms with Gasteiger partial charge in [0.25, 0.3) is 0 Å². The lowest BCUT2D eigenvalue weighted by Gasteiger charge is -2.35. The van der Waals surface area contributed by atoms with Gasteiger partial charge in [0, 0.05) is 20.0 Å². The number of carbonyl (C=O) groups excluding carboxylic acids is 1. The molecule has 0 aromatic rings. The van der Waals surface area contributed by atoms with Crippen molar-refractivity contribution in [2.24, 2.45) is 0 Å². The predicted molar refractivity (Wildman–Crippen MR) is 58.5 cm³/mol. The van der Waals surface area contributed by atoms with Crippen LogP contribution in [0.25, 0.3) is 0 Å². The van der Waals surface area contributed by atoms with Crippen molar-refractivity contribution < 1.29 is 9.53 Å². The first-order chi connectivity index (χ1) is 7.16. The molecule has 15 heavy (non-hydrogen) atoms. The van der Waals surface area contributed by atoms with Gasteiger partial charge >= 0.3 is 5.97 Å². The fraction of sp³-hybridized carbons (Fsp3) is 0.750. The van der Waals surface area contributed by atoms with Crippen LogP contribution >= 0.6 is 0 Å². The summed E-state index contributed by atoms with van der Waals surface area (Å²) in [7, 11) is 2.15. The summed E-state index contributed by atoms with van der Waals surface area (Å²) in [6.07, 6.45) is 4.52. The van der Waals surface area contributed by atoms with E-state index in [0.29, 0.717) is 0 Å². The first kappa shape index (κ1) is 10.7.